The van der Waals surface area contributed by atoms with Gasteiger partial charge in [0.2, 0.25) is 0 Å². The third kappa shape index (κ3) is 2.46. The minimum atomic E-state index is -3.74. The summed E-state index contributed by atoms with van der Waals surface area (Å²) in [5.74, 6) is 0.746. The van der Waals surface area contributed by atoms with E-state index in [-0.39, 0.29) is 0 Å². The summed E-state index contributed by atoms with van der Waals surface area (Å²) >= 11 is 0. The highest BCUT2D eigenvalue weighted by Crippen LogP contribution is 2.51. The third-order valence-corrected chi connectivity index (χ3v) is 4.06. The van der Waals surface area contributed by atoms with Crippen molar-refractivity contribution >= 4 is 19.7 Å². The molecule has 0 saturated carbocycles. The predicted octanol–water partition coefficient (Wildman–Crippen LogP) is 3.96. The summed E-state index contributed by atoms with van der Waals surface area (Å²) in [7, 11) is -2.46. The number of phosphoric acid groups is 1. The summed E-state index contributed by atoms with van der Waals surface area (Å²) in [6.45, 7) is 0. The van der Waals surface area contributed by atoms with Gasteiger partial charge in [-0.3, -0.25) is 9.52 Å². The average Bonchev–Trinajstić information content (AvgIpc) is 2.53. The van der Waals surface area contributed by atoms with Crippen molar-refractivity contribution in [1.82, 2.24) is 0 Å². The number of hydrogen-bond donors (Lipinski definition) is 0. The number of aliphatic imine (C=N–C) groups is 1. The molecule has 0 aliphatic carbocycles. The fourth-order valence-electron chi connectivity index (χ4n) is 1.78. The highest BCUT2D eigenvalue weighted by Gasteiger charge is 2.31. The monoisotopic (exact) mass is 289 g/mol. The Labute approximate surface area is 116 Å². The highest BCUT2D eigenvalue weighted by atomic mass is 31.2. The first-order chi connectivity index (χ1) is 9.70. The van der Waals surface area contributed by atoms with E-state index in [1.165, 1.54) is 7.11 Å². The van der Waals surface area contributed by atoms with Gasteiger partial charge in [-0.15, -0.1) is 0 Å². The number of rotatable bonds is 1. The quantitative estimate of drug-likeness (QED) is 0.745. The van der Waals surface area contributed by atoms with Gasteiger partial charge in [0.1, 0.15) is 11.4 Å². The van der Waals surface area contributed by atoms with Crippen LogP contribution in [0.2, 0.25) is 0 Å². The van der Waals surface area contributed by atoms with Crippen molar-refractivity contribution in [2.75, 3.05) is 7.11 Å². The molecule has 102 valence electrons. The van der Waals surface area contributed by atoms with Gasteiger partial charge in [-0.1, -0.05) is 24.3 Å². The molecular weight excluding hydrogens is 277 g/mol. The number of benzene rings is 2. The molecule has 1 aliphatic heterocycles. The average molecular weight is 289 g/mol. The van der Waals surface area contributed by atoms with E-state index >= 15 is 0 Å². The first kappa shape index (κ1) is 12.9. The van der Waals surface area contributed by atoms with Gasteiger partial charge in [-0.2, -0.15) is 0 Å². The van der Waals surface area contributed by atoms with Gasteiger partial charge in [0, 0.05) is 18.9 Å². The third-order valence-electron chi connectivity index (χ3n) is 2.77. The molecule has 5 nitrogen and oxygen atoms in total. The maximum Gasteiger partial charge on any atom is 0.587 e. The second-order valence-electron chi connectivity index (χ2n) is 4.08. The first-order valence-corrected chi connectivity index (χ1v) is 7.43. The number of nitrogens with zero attached hydrogens (tertiary/aromatic N) is 1. The second-order valence-corrected chi connectivity index (χ2v) is 5.70. The van der Waals surface area contributed by atoms with Gasteiger partial charge in [0.25, 0.3) is 0 Å². The van der Waals surface area contributed by atoms with Crippen molar-refractivity contribution in [3.8, 4) is 11.5 Å². The molecule has 0 fully saturated rings. The zero-order chi connectivity index (χ0) is 14.0. The van der Waals surface area contributed by atoms with E-state index in [1.54, 1.807) is 36.5 Å². The van der Waals surface area contributed by atoms with Gasteiger partial charge in [-0.05, 0) is 24.3 Å². The molecule has 3 rings (SSSR count). The number of fused-ring (bicyclic) bond motifs is 2. The van der Waals surface area contributed by atoms with Crippen molar-refractivity contribution in [2.24, 2.45) is 4.99 Å². The minimum Gasteiger partial charge on any atom is -0.394 e. The Balaban J connectivity index is 2.17. The molecule has 0 radical (unpaired) electrons. The Bertz CT molecular complexity index is 658. The number of phosphoric ester groups is 1. The van der Waals surface area contributed by atoms with Gasteiger partial charge < -0.3 is 9.05 Å². The standard InChI is InChI=1S/C14H12NO4P/c1-17-20(16)18-13-8-4-2-6-11(13)10-15-12-7-3-5-9-14(12)19-20/h2-10H,1H3. The zero-order valence-corrected chi connectivity index (χ0v) is 11.6. The van der Waals surface area contributed by atoms with Crippen molar-refractivity contribution < 1.29 is 18.1 Å². The van der Waals surface area contributed by atoms with E-state index in [2.05, 4.69) is 4.99 Å². The molecule has 0 spiro atoms. The van der Waals surface area contributed by atoms with Gasteiger partial charge in [-0.25, -0.2) is 4.57 Å². The van der Waals surface area contributed by atoms with Crippen LogP contribution < -0.4 is 9.05 Å². The SMILES string of the molecule is COP1(=O)Oc2ccccc2C=Nc2ccccc2O1. The lowest BCUT2D eigenvalue weighted by atomic mass is 10.2. The highest BCUT2D eigenvalue weighted by molar-refractivity contribution is 7.49. The van der Waals surface area contributed by atoms with Crippen LogP contribution in [-0.2, 0) is 9.09 Å². The Morgan fingerprint density at radius 1 is 1.00 bits per heavy atom. The molecule has 0 amide bonds. The zero-order valence-electron chi connectivity index (χ0n) is 10.7. The Morgan fingerprint density at radius 2 is 1.65 bits per heavy atom. The van der Waals surface area contributed by atoms with Crippen LogP contribution >= 0.6 is 7.82 Å². The lowest BCUT2D eigenvalue weighted by Crippen LogP contribution is -2.03. The van der Waals surface area contributed by atoms with E-state index in [1.807, 2.05) is 18.2 Å². The van der Waals surface area contributed by atoms with E-state index in [4.69, 9.17) is 13.6 Å². The van der Waals surface area contributed by atoms with Crippen LogP contribution in [-0.4, -0.2) is 13.3 Å². The lowest BCUT2D eigenvalue weighted by molar-refractivity contribution is 0.250. The van der Waals surface area contributed by atoms with E-state index < -0.39 is 7.82 Å². The summed E-state index contributed by atoms with van der Waals surface area (Å²) in [6.07, 6.45) is 1.64. The van der Waals surface area contributed by atoms with Crippen LogP contribution in [0.5, 0.6) is 11.5 Å². The minimum absolute atomic E-state index is 0.349. The summed E-state index contributed by atoms with van der Waals surface area (Å²) in [5, 5.41) is 0. The summed E-state index contributed by atoms with van der Waals surface area (Å²) in [5.41, 5.74) is 1.26. The molecule has 20 heavy (non-hydrogen) atoms. The van der Waals surface area contributed by atoms with Crippen molar-refractivity contribution in [3.05, 3.63) is 54.1 Å². The van der Waals surface area contributed by atoms with Gasteiger partial charge >= 0.3 is 7.82 Å². The largest absolute Gasteiger partial charge is 0.587 e. The van der Waals surface area contributed by atoms with Crippen LogP contribution in [0, 0.1) is 0 Å². The molecule has 1 unspecified atom stereocenters. The maximum atomic E-state index is 12.5. The Morgan fingerprint density at radius 3 is 2.45 bits per heavy atom. The molecule has 0 N–H and O–H groups in total. The molecule has 0 saturated heterocycles. The Kier molecular flexibility index (Phi) is 3.30. The van der Waals surface area contributed by atoms with Crippen LogP contribution in [0.4, 0.5) is 5.69 Å². The van der Waals surface area contributed by atoms with Crippen LogP contribution in [0.1, 0.15) is 5.56 Å². The summed E-state index contributed by atoms with van der Waals surface area (Å²) < 4.78 is 28.3. The first-order valence-electron chi connectivity index (χ1n) is 5.97. The molecule has 2 aromatic carbocycles. The molecule has 2 aromatic rings. The summed E-state index contributed by atoms with van der Waals surface area (Å²) in [6, 6.07) is 14.1. The topological polar surface area (TPSA) is 57.1 Å². The van der Waals surface area contributed by atoms with E-state index in [0.717, 1.165) is 0 Å². The molecule has 0 aromatic heterocycles. The molecule has 0 bridgehead atoms. The smallest absolute Gasteiger partial charge is 0.394 e. The molecular formula is C14H12NO4P. The van der Waals surface area contributed by atoms with Crippen LogP contribution in [0.3, 0.4) is 0 Å². The number of hydrogen-bond acceptors (Lipinski definition) is 5. The normalized spacial score (nSPS) is 20.4. The van der Waals surface area contributed by atoms with Crippen molar-refractivity contribution in [3.63, 3.8) is 0 Å². The second kappa shape index (κ2) is 5.12. The van der Waals surface area contributed by atoms with Crippen molar-refractivity contribution in [2.45, 2.75) is 0 Å². The van der Waals surface area contributed by atoms with E-state index in [9.17, 15) is 4.57 Å². The fourth-order valence-corrected chi connectivity index (χ4v) is 2.77. The summed E-state index contributed by atoms with van der Waals surface area (Å²) in [4.78, 5) is 4.34. The van der Waals surface area contributed by atoms with Gasteiger partial charge in [0.05, 0.1) is 0 Å². The molecule has 6 heteroatoms. The molecule has 1 atom stereocenters. The maximum absolute atomic E-state index is 12.5. The van der Waals surface area contributed by atoms with E-state index in [0.29, 0.717) is 22.7 Å². The lowest BCUT2D eigenvalue weighted by Gasteiger charge is -2.17. The fraction of sp³-hybridized carbons (Fsp3) is 0.0714. The van der Waals surface area contributed by atoms with Crippen LogP contribution in [0.15, 0.2) is 53.5 Å². The molecule has 1 heterocycles. The predicted molar refractivity (Wildman–Crippen MR) is 76.0 cm³/mol. The Hall–Kier alpha value is -2.10. The van der Waals surface area contributed by atoms with Crippen molar-refractivity contribution in [1.29, 1.82) is 0 Å². The molecule has 1 aliphatic rings. The van der Waals surface area contributed by atoms with Gasteiger partial charge in [0.15, 0.2) is 5.75 Å². The van der Waals surface area contributed by atoms with Crippen LogP contribution in [0.25, 0.3) is 0 Å². The number of para-hydroxylation sites is 3.